The Morgan fingerprint density at radius 1 is 0.969 bits per heavy atom. The van der Waals surface area contributed by atoms with Gasteiger partial charge in [-0.1, -0.05) is 37.3 Å². The number of carbonyl (C=O) groups is 2. The zero-order valence-electron chi connectivity index (χ0n) is 19.6. The first-order chi connectivity index (χ1) is 15.4. The van der Waals surface area contributed by atoms with Crippen molar-refractivity contribution in [2.24, 2.45) is 0 Å². The van der Waals surface area contributed by atoms with Gasteiger partial charge in [0.25, 0.3) is 0 Å². The van der Waals surface area contributed by atoms with Crippen molar-refractivity contribution in [2.75, 3.05) is 64.1 Å². The third kappa shape index (κ3) is 6.08. The van der Waals surface area contributed by atoms with Crippen LogP contribution >= 0.6 is 0 Å². The molecule has 7 nitrogen and oxygen atoms in total. The molecule has 0 saturated carbocycles. The van der Waals surface area contributed by atoms with Crippen molar-refractivity contribution in [1.29, 1.82) is 0 Å². The Labute approximate surface area is 191 Å². The Hall–Kier alpha value is -2.90. The van der Waals surface area contributed by atoms with E-state index in [0.29, 0.717) is 12.2 Å². The van der Waals surface area contributed by atoms with Gasteiger partial charge in [-0.2, -0.15) is 0 Å². The Kier molecular flexibility index (Phi) is 8.25. The second kappa shape index (κ2) is 11.1. The topological polar surface area (TPSA) is 67.9 Å². The van der Waals surface area contributed by atoms with E-state index in [2.05, 4.69) is 56.6 Å². The van der Waals surface area contributed by atoms with Gasteiger partial charge in [0.15, 0.2) is 0 Å². The molecule has 1 aliphatic heterocycles. The van der Waals surface area contributed by atoms with Gasteiger partial charge in [-0.3, -0.25) is 14.5 Å². The highest BCUT2D eigenvalue weighted by atomic mass is 16.2. The van der Waals surface area contributed by atoms with E-state index >= 15 is 0 Å². The van der Waals surface area contributed by atoms with Crippen molar-refractivity contribution in [3.8, 4) is 0 Å². The standard InChI is InChI=1S/C25H35N5O2/c1-5-19-8-6-7-9-22(19)27-25(32)24(31)26-18-23(30-16-14-29(4)15-17-30)20-10-12-21(13-11-20)28(2)3/h6-13,23H,5,14-18H2,1-4H3,(H,26,31)(H,27,32)/t23-/m1/s1. The summed E-state index contributed by atoms with van der Waals surface area (Å²) in [6.45, 7) is 6.20. The van der Waals surface area contributed by atoms with E-state index in [1.165, 1.54) is 0 Å². The number of carbonyl (C=O) groups excluding carboxylic acids is 2. The van der Waals surface area contributed by atoms with Crippen molar-refractivity contribution in [3.05, 3.63) is 59.7 Å². The van der Waals surface area contributed by atoms with E-state index in [4.69, 9.17) is 0 Å². The summed E-state index contributed by atoms with van der Waals surface area (Å²) < 4.78 is 0. The number of hydrogen-bond donors (Lipinski definition) is 2. The number of amides is 2. The number of aryl methyl sites for hydroxylation is 1. The molecule has 0 bridgehead atoms. The van der Waals surface area contributed by atoms with Crippen molar-refractivity contribution >= 4 is 23.2 Å². The molecule has 3 rings (SSSR count). The highest BCUT2D eigenvalue weighted by molar-refractivity contribution is 6.39. The van der Waals surface area contributed by atoms with Crippen molar-refractivity contribution in [2.45, 2.75) is 19.4 Å². The second-order valence-electron chi connectivity index (χ2n) is 8.52. The molecule has 0 aromatic heterocycles. The molecular formula is C25H35N5O2. The lowest BCUT2D eigenvalue weighted by Crippen LogP contribution is -2.49. The molecule has 7 heteroatoms. The van der Waals surface area contributed by atoms with Crippen LogP contribution in [-0.2, 0) is 16.0 Å². The van der Waals surface area contributed by atoms with Gasteiger partial charge >= 0.3 is 11.8 Å². The molecular weight excluding hydrogens is 402 g/mol. The number of para-hydroxylation sites is 1. The predicted molar refractivity (Wildman–Crippen MR) is 130 cm³/mol. The first-order valence-corrected chi connectivity index (χ1v) is 11.3. The molecule has 1 heterocycles. The average Bonchev–Trinajstić information content (AvgIpc) is 2.80. The summed E-state index contributed by atoms with van der Waals surface area (Å²) in [6.07, 6.45) is 0.784. The van der Waals surface area contributed by atoms with Gasteiger partial charge in [0.2, 0.25) is 0 Å². The fraction of sp³-hybridized carbons (Fsp3) is 0.440. The number of piperazine rings is 1. The largest absolute Gasteiger partial charge is 0.378 e. The lowest BCUT2D eigenvalue weighted by atomic mass is 10.0. The molecule has 0 aliphatic carbocycles. The van der Waals surface area contributed by atoms with Gasteiger partial charge in [0, 0.05) is 58.2 Å². The third-order valence-electron chi connectivity index (χ3n) is 6.08. The van der Waals surface area contributed by atoms with Crippen molar-refractivity contribution in [3.63, 3.8) is 0 Å². The number of benzene rings is 2. The molecule has 2 N–H and O–H groups in total. The summed E-state index contributed by atoms with van der Waals surface area (Å²) in [7, 11) is 6.16. The number of likely N-dealkylation sites (N-methyl/N-ethyl adjacent to an activating group) is 1. The summed E-state index contributed by atoms with van der Waals surface area (Å²) in [5.74, 6) is -1.24. The van der Waals surface area contributed by atoms with E-state index in [0.717, 1.165) is 49.4 Å². The maximum absolute atomic E-state index is 12.6. The molecule has 1 saturated heterocycles. The molecule has 0 unspecified atom stereocenters. The molecule has 32 heavy (non-hydrogen) atoms. The molecule has 1 atom stereocenters. The van der Waals surface area contributed by atoms with Crippen LogP contribution in [0.3, 0.4) is 0 Å². The van der Waals surface area contributed by atoms with Crippen LogP contribution in [0.4, 0.5) is 11.4 Å². The van der Waals surface area contributed by atoms with Crippen LogP contribution in [-0.4, -0.2) is 75.5 Å². The summed E-state index contributed by atoms with van der Waals surface area (Å²) in [6, 6.07) is 16.0. The Balaban J connectivity index is 1.68. The highest BCUT2D eigenvalue weighted by Crippen LogP contribution is 2.24. The molecule has 2 aromatic rings. The van der Waals surface area contributed by atoms with E-state index in [1.807, 2.05) is 45.3 Å². The third-order valence-corrected chi connectivity index (χ3v) is 6.08. The fourth-order valence-electron chi connectivity index (χ4n) is 3.99. The van der Waals surface area contributed by atoms with Crippen LogP contribution in [0.25, 0.3) is 0 Å². The summed E-state index contributed by atoms with van der Waals surface area (Å²) in [4.78, 5) is 31.9. The lowest BCUT2D eigenvalue weighted by molar-refractivity contribution is -0.136. The molecule has 0 spiro atoms. The van der Waals surface area contributed by atoms with Crippen molar-refractivity contribution in [1.82, 2.24) is 15.1 Å². The molecule has 172 valence electrons. The monoisotopic (exact) mass is 437 g/mol. The first kappa shape index (κ1) is 23.8. The smallest absolute Gasteiger partial charge is 0.313 e. The SMILES string of the molecule is CCc1ccccc1NC(=O)C(=O)NC[C@H](c1ccc(N(C)C)cc1)N1CCN(C)CC1. The molecule has 2 amide bonds. The molecule has 1 fully saturated rings. The predicted octanol–water partition coefficient (Wildman–Crippen LogP) is 2.36. The first-order valence-electron chi connectivity index (χ1n) is 11.3. The maximum Gasteiger partial charge on any atom is 0.313 e. The van der Waals surface area contributed by atoms with Crippen LogP contribution < -0.4 is 15.5 Å². The van der Waals surface area contributed by atoms with Crippen LogP contribution in [0.5, 0.6) is 0 Å². The van der Waals surface area contributed by atoms with E-state index in [-0.39, 0.29) is 6.04 Å². The minimum atomic E-state index is -0.633. The van der Waals surface area contributed by atoms with Gasteiger partial charge in [0.05, 0.1) is 6.04 Å². The van der Waals surface area contributed by atoms with Crippen molar-refractivity contribution < 1.29 is 9.59 Å². The number of hydrogen-bond acceptors (Lipinski definition) is 5. The van der Waals surface area contributed by atoms with Crippen LogP contribution in [0.15, 0.2) is 48.5 Å². The van der Waals surface area contributed by atoms with Gasteiger partial charge < -0.3 is 20.4 Å². The minimum Gasteiger partial charge on any atom is -0.378 e. The Morgan fingerprint density at radius 2 is 1.62 bits per heavy atom. The Bertz CT molecular complexity index is 905. The normalized spacial score (nSPS) is 15.8. The Morgan fingerprint density at radius 3 is 2.25 bits per heavy atom. The van der Waals surface area contributed by atoms with Gasteiger partial charge in [0.1, 0.15) is 0 Å². The zero-order valence-corrected chi connectivity index (χ0v) is 19.6. The minimum absolute atomic E-state index is 0.0135. The fourth-order valence-corrected chi connectivity index (χ4v) is 3.99. The lowest BCUT2D eigenvalue weighted by Gasteiger charge is -2.38. The van der Waals surface area contributed by atoms with Gasteiger partial charge in [-0.15, -0.1) is 0 Å². The maximum atomic E-state index is 12.6. The van der Waals surface area contributed by atoms with Crippen LogP contribution in [0.1, 0.15) is 24.1 Å². The number of anilines is 2. The van der Waals surface area contributed by atoms with Gasteiger partial charge in [-0.25, -0.2) is 0 Å². The molecule has 2 aromatic carbocycles. The summed E-state index contributed by atoms with van der Waals surface area (Å²) >= 11 is 0. The van der Waals surface area contributed by atoms with E-state index < -0.39 is 11.8 Å². The molecule has 1 aliphatic rings. The van der Waals surface area contributed by atoms with Gasteiger partial charge in [-0.05, 0) is 42.8 Å². The highest BCUT2D eigenvalue weighted by Gasteiger charge is 2.25. The van der Waals surface area contributed by atoms with Crippen LogP contribution in [0.2, 0.25) is 0 Å². The zero-order chi connectivity index (χ0) is 23.1. The number of nitrogens with zero attached hydrogens (tertiary/aromatic N) is 3. The van der Waals surface area contributed by atoms with E-state index in [1.54, 1.807) is 0 Å². The van der Waals surface area contributed by atoms with E-state index in [9.17, 15) is 9.59 Å². The quantitative estimate of drug-likeness (QED) is 0.651. The average molecular weight is 438 g/mol. The molecule has 0 radical (unpaired) electrons. The second-order valence-corrected chi connectivity index (χ2v) is 8.52. The summed E-state index contributed by atoms with van der Waals surface area (Å²) in [5.41, 5.74) is 3.95. The number of rotatable bonds is 7. The summed E-state index contributed by atoms with van der Waals surface area (Å²) in [5, 5.41) is 5.62. The van der Waals surface area contributed by atoms with Crippen LogP contribution in [0, 0.1) is 0 Å². The number of nitrogens with one attached hydrogen (secondary N) is 2.